The number of piperidine rings is 1. The van der Waals surface area contributed by atoms with Gasteiger partial charge < -0.3 is 15.0 Å². The van der Waals surface area contributed by atoms with Gasteiger partial charge in [0.1, 0.15) is 6.54 Å². The predicted molar refractivity (Wildman–Crippen MR) is 94.0 cm³/mol. The Morgan fingerprint density at radius 3 is 2.52 bits per heavy atom. The Morgan fingerprint density at radius 2 is 1.88 bits per heavy atom. The van der Waals surface area contributed by atoms with E-state index in [1.165, 1.54) is 0 Å². The lowest BCUT2D eigenvalue weighted by molar-refractivity contribution is -0.152. The molecule has 1 heterocycles. The van der Waals surface area contributed by atoms with Gasteiger partial charge in [-0.05, 0) is 37.3 Å². The molecule has 1 fully saturated rings. The lowest BCUT2D eigenvalue weighted by Crippen LogP contribution is -2.44. The fraction of sp³-hybridized carbons (Fsp3) is 0.526. The summed E-state index contributed by atoms with van der Waals surface area (Å²) in [5.41, 5.74) is 1.45. The van der Waals surface area contributed by atoms with Crippen molar-refractivity contribution in [2.75, 3.05) is 26.2 Å². The van der Waals surface area contributed by atoms with Crippen molar-refractivity contribution in [2.45, 2.75) is 27.2 Å². The van der Waals surface area contributed by atoms with Crippen LogP contribution in [0.5, 0.6) is 0 Å². The van der Waals surface area contributed by atoms with E-state index in [0.717, 1.165) is 12.0 Å². The fourth-order valence-corrected chi connectivity index (χ4v) is 3.19. The van der Waals surface area contributed by atoms with E-state index in [2.05, 4.69) is 19.2 Å². The normalized spacial score (nSPS) is 20.0. The molecule has 0 aromatic heterocycles. The zero-order valence-electron chi connectivity index (χ0n) is 15.1. The second-order valence-electron chi connectivity index (χ2n) is 6.96. The zero-order chi connectivity index (χ0) is 18.4. The quantitative estimate of drug-likeness (QED) is 0.825. The first kappa shape index (κ1) is 19.0. The van der Waals surface area contributed by atoms with Gasteiger partial charge in [0.25, 0.3) is 11.8 Å². The smallest absolute Gasteiger partial charge is 0.325 e. The number of nitrogens with one attached hydrogen (secondary N) is 1. The van der Waals surface area contributed by atoms with Gasteiger partial charge in [-0.2, -0.15) is 0 Å². The van der Waals surface area contributed by atoms with Crippen LogP contribution in [0.3, 0.4) is 0 Å². The highest BCUT2D eigenvalue weighted by Gasteiger charge is 2.25. The second kappa shape index (κ2) is 8.65. The molecule has 1 N–H and O–H groups in total. The van der Waals surface area contributed by atoms with Crippen LogP contribution in [0.4, 0.5) is 0 Å². The molecule has 1 saturated heterocycles. The maximum Gasteiger partial charge on any atom is 0.325 e. The summed E-state index contributed by atoms with van der Waals surface area (Å²) in [7, 11) is 0. The summed E-state index contributed by atoms with van der Waals surface area (Å²) in [6.07, 6.45) is 1.11. The van der Waals surface area contributed by atoms with Crippen LogP contribution in [0.25, 0.3) is 0 Å². The summed E-state index contributed by atoms with van der Waals surface area (Å²) in [5.74, 6) is -0.232. The number of likely N-dealkylation sites (tertiary alicyclic amines) is 1. The van der Waals surface area contributed by atoms with E-state index < -0.39 is 5.97 Å². The topological polar surface area (TPSA) is 75.7 Å². The number of carbonyl (C=O) groups is 3. The van der Waals surface area contributed by atoms with E-state index in [9.17, 15) is 14.4 Å². The third-order valence-electron chi connectivity index (χ3n) is 4.25. The first-order valence-electron chi connectivity index (χ1n) is 8.63. The molecule has 1 aromatic rings. The molecule has 0 aliphatic carbocycles. The van der Waals surface area contributed by atoms with E-state index in [4.69, 9.17) is 4.74 Å². The number of rotatable bonds is 5. The van der Waals surface area contributed by atoms with Crippen LogP contribution in [0.1, 0.15) is 36.2 Å². The SMILES string of the molecule is Cc1cccc(C(=O)NCC(=O)OCC(=O)N2CC(C)CC(C)C2)c1. The molecular formula is C19H26N2O4. The number of nitrogens with zero attached hydrogens (tertiary/aromatic N) is 1. The van der Waals surface area contributed by atoms with Crippen LogP contribution in [0.15, 0.2) is 24.3 Å². The largest absolute Gasteiger partial charge is 0.454 e. The average molecular weight is 346 g/mol. The van der Waals surface area contributed by atoms with Gasteiger partial charge in [0, 0.05) is 18.7 Å². The van der Waals surface area contributed by atoms with Crippen molar-refractivity contribution in [2.24, 2.45) is 11.8 Å². The Bertz CT molecular complexity index is 634. The minimum Gasteiger partial charge on any atom is -0.454 e. The molecular weight excluding hydrogens is 320 g/mol. The molecule has 6 nitrogen and oxygen atoms in total. The fourth-order valence-electron chi connectivity index (χ4n) is 3.19. The van der Waals surface area contributed by atoms with Gasteiger partial charge in [-0.25, -0.2) is 0 Å². The third-order valence-corrected chi connectivity index (χ3v) is 4.25. The van der Waals surface area contributed by atoms with Gasteiger partial charge in [0.15, 0.2) is 6.61 Å². The number of benzene rings is 1. The van der Waals surface area contributed by atoms with Gasteiger partial charge in [-0.3, -0.25) is 14.4 Å². The van der Waals surface area contributed by atoms with Crippen LogP contribution < -0.4 is 5.32 Å². The number of carbonyl (C=O) groups excluding carboxylic acids is 3. The zero-order valence-corrected chi connectivity index (χ0v) is 15.1. The van der Waals surface area contributed by atoms with Gasteiger partial charge >= 0.3 is 5.97 Å². The molecule has 2 amide bonds. The van der Waals surface area contributed by atoms with Crippen molar-refractivity contribution in [3.05, 3.63) is 35.4 Å². The third kappa shape index (κ3) is 5.89. The van der Waals surface area contributed by atoms with Crippen LogP contribution in [-0.2, 0) is 14.3 Å². The summed E-state index contributed by atoms with van der Waals surface area (Å²) in [4.78, 5) is 37.6. The van der Waals surface area contributed by atoms with E-state index in [1.54, 1.807) is 23.1 Å². The van der Waals surface area contributed by atoms with Gasteiger partial charge in [0.05, 0.1) is 0 Å². The van der Waals surface area contributed by atoms with E-state index in [0.29, 0.717) is 30.5 Å². The van der Waals surface area contributed by atoms with E-state index in [1.807, 2.05) is 13.0 Å². The summed E-state index contributed by atoms with van der Waals surface area (Å²) in [5, 5.41) is 2.50. The predicted octanol–water partition coefficient (Wildman–Crippen LogP) is 1.77. The molecule has 0 radical (unpaired) electrons. The summed E-state index contributed by atoms with van der Waals surface area (Å²) < 4.78 is 4.99. The van der Waals surface area contributed by atoms with Crippen molar-refractivity contribution in [1.29, 1.82) is 0 Å². The molecule has 6 heteroatoms. The monoisotopic (exact) mass is 346 g/mol. The summed E-state index contributed by atoms with van der Waals surface area (Å²) in [6, 6.07) is 7.08. The van der Waals surface area contributed by atoms with E-state index in [-0.39, 0.29) is 25.0 Å². The lowest BCUT2D eigenvalue weighted by atomic mass is 9.92. The van der Waals surface area contributed by atoms with Crippen molar-refractivity contribution in [3.8, 4) is 0 Å². The Labute approximate surface area is 148 Å². The number of aryl methyl sites for hydroxylation is 1. The summed E-state index contributed by atoms with van der Waals surface area (Å²) in [6.45, 7) is 6.98. The Balaban J connectivity index is 1.73. The summed E-state index contributed by atoms with van der Waals surface area (Å²) >= 11 is 0. The maximum atomic E-state index is 12.2. The molecule has 1 aliphatic rings. The highest BCUT2D eigenvalue weighted by molar-refractivity contribution is 5.96. The van der Waals surface area contributed by atoms with Crippen LogP contribution in [0.2, 0.25) is 0 Å². The Morgan fingerprint density at radius 1 is 1.20 bits per heavy atom. The molecule has 1 aromatic carbocycles. The molecule has 25 heavy (non-hydrogen) atoms. The first-order chi connectivity index (χ1) is 11.8. The Hall–Kier alpha value is -2.37. The molecule has 0 spiro atoms. The number of amides is 2. The van der Waals surface area contributed by atoms with Gasteiger partial charge in [0.2, 0.25) is 0 Å². The van der Waals surface area contributed by atoms with Crippen molar-refractivity contribution >= 4 is 17.8 Å². The number of esters is 1. The standard InChI is InChI=1S/C19H26N2O4/c1-13-5-4-6-16(8-13)19(24)20-9-18(23)25-12-17(22)21-10-14(2)7-15(3)11-21/h4-6,8,14-15H,7,9-12H2,1-3H3,(H,20,24). The molecule has 2 unspecified atom stereocenters. The van der Waals surface area contributed by atoms with Crippen LogP contribution in [0, 0.1) is 18.8 Å². The molecule has 1 aliphatic heterocycles. The molecule has 2 atom stereocenters. The molecule has 136 valence electrons. The maximum absolute atomic E-state index is 12.2. The lowest BCUT2D eigenvalue weighted by Gasteiger charge is -2.34. The van der Waals surface area contributed by atoms with E-state index >= 15 is 0 Å². The highest BCUT2D eigenvalue weighted by Crippen LogP contribution is 2.20. The first-order valence-corrected chi connectivity index (χ1v) is 8.63. The van der Waals surface area contributed by atoms with Crippen molar-refractivity contribution in [1.82, 2.24) is 10.2 Å². The van der Waals surface area contributed by atoms with Crippen molar-refractivity contribution in [3.63, 3.8) is 0 Å². The molecule has 0 saturated carbocycles. The molecule has 2 rings (SSSR count). The highest BCUT2D eigenvalue weighted by atomic mass is 16.5. The van der Waals surface area contributed by atoms with Crippen molar-refractivity contribution < 1.29 is 19.1 Å². The Kier molecular flexibility index (Phi) is 6.56. The van der Waals surface area contributed by atoms with Gasteiger partial charge in [-0.15, -0.1) is 0 Å². The molecule has 0 bridgehead atoms. The second-order valence-corrected chi connectivity index (χ2v) is 6.96. The van der Waals surface area contributed by atoms with Crippen LogP contribution in [-0.4, -0.2) is 48.9 Å². The number of ether oxygens (including phenoxy) is 1. The minimum absolute atomic E-state index is 0.184. The average Bonchev–Trinajstić information content (AvgIpc) is 2.56. The minimum atomic E-state index is -0.618. The number of hydrogen-bond acceptors (Lipinski definition) is 4. The van der Waals surface area contributed by atoms with Gasteiger partial charge in [-0.1, -0.05) is 31.5 Å². The number of hydrogen-bond donors (Lipinski definition) is 1. The van der Waals surface area contributed by atoms with Crippen LogP contribution >= 0.6 is 0 Å².